The molecular formula is C15H17NO4. The molecule has 3 rings (SSSR count). The maximum absolute atomic E-state index is 12.2. The topological polar surface area (TPSA) is 66.8 Å². The Balaban J connectivity index is 1.67. The molecule has 1 heterocycles. The first kappa shape index (κ1) is 13.0. The standard InChI is InChI=1S/C15H17NO4/c17-13(18)15-8-6-12(15)7-9-16(15)14(19)20-10-11-4-2-1-3-5-11/h1-5,12H,6-10H2,(H,17,18). The van der Waals surface area contributed by atoms with Gasteiger partial charge >= 0.3 is 12.1 Å². The largest absolute Gasteiger partial charge is 0.479 e. The Morgan fingerprint density at radius 1 is 1.30 bits per heavy atom. The van der Waals surface area contributed by atoms with Gasteiger partial charge in [-0.25, -0.2) is 9.59 Å². The maximum atomic E-state index is 12.2. The zero-order chi connectivity index (χ0) is 14.2. The number of ether oxygens (including phenoxy) is 1. The van der Waals surface area contributed by atoms with Crippen LogP contribution in [0.25, 0.3) is 0 Å². The molecule has 1 saturated carbocycles. The van der Waals surface area contributed by atoms with Crippen molar-refractivity contribution < 1.29 is 19.4 Å². The van der Waals surface area contributed by atoms with E-state index in [1.165, 1.54) is 4.90 Å². The lowest BCUT2D eigenvalue weighted by Crippen LogP contribution is -2.61. The van der Waals surface area contributed by atoms with Gasteiger partial charge in [0.25, 0.3) is 0 Å². The summed E-state index contributed by atoms with van der Waals surface area (Å²) in [6.45, 7) is 0.654. The molecule has 0 aromatic heterocycles. The quantitative estimate of drug-likeness (QED) is 0.918. The van der Waals surface area contributed by atoms with Gasteiger partial charge in [-0.15, -0.1) is 0 Å². The third-order valence-electron chi connectivity index (χ3n) is 4.53. The van der Waals surface area contributed by atoms with Crippen LogP contribution in [0.4, 0.5) is 4.79 Å². The van der Waals surface area contributed by atoms with Crippen LogP contribution in [0.15, 0.2) is 30.3 Å². The van der Waals surface area contributed by atoms with Crippen molar-refractivity contribution in [3.05, 3.63) is 35.9 Å². The van der Waals surface area contributed by atoms with E-state index < -0.39 is 17.6 Å². The molecule has 5 nitrogen and oxygen atoms in total. The average molecular weight is 275 g/mol. The highest BCUT2D eigenvalue weighted by molar-refractivity contribution is 5.86. The molecule has 0 spiro atoms. The SMILES string of the molecule is O=C(OCc1ccccc1)N1CCC2CCC21C(=O)O. The molecule has 1 saturated heterocycles. The summed E-state index contributed by atoms with van der Waals surface area (Å²) in [6.07, 6.45) is 1.66. The molecule has 1 aromatic rings. The van der Waals surface area contributed by atoms with E-state index in [1.807, 2.05) is 30.3 Å². The van der Waals surface area contributed by atoms with Gasteiger partial charge in [-0.05, 0) is 30.7 Å². The van der Waals surface area contributed by atoms with Crippen molar-refractivity contribution in [2.45, 2.75) is 31.4 Å². The number of likely N-dealkylation sites (tertiary alicyclic amines) is 1. The lowest BCUT2D eigenvalue weighted by molar-refractivity contribution is -0.157. The minimum Gasteiger partial charge on any atom is -0.479 e. The van der Waals surface area contributed by atoms with Gasteiger partial charge in [0.05, 0.1) is 0 Å². The summed E-state index contributed by atoms with van der Waals surface area (Å²) in [5.74, 6) is -0.813. The summed E-state index contributed by atoms with van der Waals surface area (Å²) < 4.78 is 5.26. The monoisotopic (exact) mass is 275 g/mol. The zero-order valence-electron chi connectivity index (χ0n) is 11.1. The number of nitrogens with zero attached hydrogens (tertiary/aromatic N) is 1. The summed E-state index contributed by atoms with van der Waals surface area (Å²) in [5.41, 5.74) is -0.108. The minimum atomic E-state index is -1.01. The number of aliphatic carboxylic acids is 1. The molecule has 2 fully saturated rings. The fraction of sp³-hybridized carbons (Fsp3) is 0.467. The third-order valence-corrected chi connectivity index (χ3v) is 4.53. The molecular weight excluding hydrogens is 258 g/mol. The van der Waals surface area contributed by atoms with Gasteiger partial charge in [0.15, 0.2) is 0 Å². The first-order chi connectivity index (χ1) is 9.64. The van der Waals surface area contributed by atoms with Gasteiger partial charge in [-0.1, -0.05) is 30.3 Å². The van der Waals surface area contributed by atoms with E-state index in [-0.39, 0.29) is 12.5 Å². The number of carboxylic acids is 1. The van der Waals surface area contributed by atoms with Crippen LogP contribution in [0.2, 0.25) is 0 Å². The normalized spacial score (nSPS) is 27.6. The van der Waals surface area contributed by atoms with E-state index in [0.29, 0.717) is 13.0 Å². The average Bonchev–Trinajstić information content (AvgIpc) is 2.69. The predicted molar refractivity (Wildman–Crippen MR) is 71.0 cm³/mol. The molecule has 20 heavy (non-hydrogen) atoms. The van der Waals surface area contributed by atoms with Crippen molar-refractivity contribution >= 4 is 12.1 Å². The summed E-state index contributed by atoms with van der Waals surface area (Å²) in [5, 5.41) is 9.45. The van der Waals surface area contributed by atoms with E-state index in [1.54, 1.807) is 0 Å². The lowest BCUT2D eigenvalue weighted by Gasteiger charge is -2.45. The van der Waals surface area contributed by atoms with Gasteiger partial charge in [0.1, 0.15) is 12.1 Å². The number of fused-ring (bicyclic) bond motifs is 1. The second-order valence-corrected chi connectivity index (χ2v) is 5.45. The highest BCUT2D eigenvalue weighted by Crippen LogP contribution is 2.50. The Bertz CT molecular complexity index is 530. The molecule has 1 aliphatic carbocycles. The zero-order valence-corrected chi connectivity index (χ0v) is 11.1. The Hall–Kier alpha value is -2.04. The van der Waals surface area contributed by atoms with Crippen LogP contribution < -0.4 is 0 Å². The first-order valence-electron chi connectivity index (χ1n) is 6.86. The number of carbonyl (C=O) groups excluding carboxylic acids is 1. The van der Waals surface area contributed by atoms with Gasteiger partial charge in [-0.2, -0.15) is 0 Å². The molecule has 1 aromatic carbocycles. The molecule has 1 N–H and O–H groups in total. The first-order valence-corrected chi connectivity index (χ1v) is 6.86. The van der Waals surface area contributed by atoms with Crippen LogP contribution in [0, 0.1) is 5.92 Å². The summed E-state index contributed by atoms with van der Waals surface area (Å²) in [4.78, 5) is 25.1. The number of rotatable bonds is 3. The maximum Gasteiger partial charge on any atom is 0.411 e. The predicted octanol–water partition coefficient (Wildman–Crippen LogP) is 2.26. The highest BCUT2D eigenvalue weighted by Gasteiger charge is 2.62. The van der Waals surface area contributed by atoms with Crippen LogP contribution in [0.3, 0.4) is 0 Å². The van der Waals surface area contributed by atoms with Crippen LogP contribution in [0.5, 0.6) is 0 Å². The van der Waals surface area contributed by atoms with Gasteiger partial charge in [0, 0.05) is 6.54 Å². The van der Waals surface area contributed by atoms with Gasteiger partial charge < -0.3 is 9.84 Å². The fourth-order valence-electron chi connectivity index (χ4n) is 3.29. The summed E-state index contributed by atoms with van der Waals surface area (Å²) in [7, 11) is 0. The van der Waals surface area contributed by atoms with Gasteiger partial charge in [0.2, 0.25) is 0 Å². The number of amides is 1. The van der Waals surface area contributed by atoms with Crippen LogP contribution in [0.1, 0.15) is 24.8 Å². The van der Waals surface area contributed by atoms with Crippen molar-refractivity contribution in [1.29, 1.82) is 0 Å². The second-order valence-electron chi connectivity index (χ2n) is 5.45. The molecule has 2 aliphatic rings. The van der Waals surface area contributed by atoms with Crippen LogP contribution >= 0.6 is 0 Å². The molecule has 0 radical (unpaired) electrons. The van der Waals surface area contributed by atoms with Crippen molar-refractivity contribution in [1.82, 2.24) is 4.90 Å². The fourth-order valence-corrected chi connectivity index (χ4v) is 3.29. The van der Waals surface area contributed by atoms with Crippen molar-refractivity contribution in [3.63, 3.8) is 0 Å². The van der Waals surface area contributed by atoms with E-state index in [9.17, 15) is 14.7 Å². The van der Waals surface area contributed by atoms with E-state index in [0.717, 1.165) is 18.4 Å². The molecule has 106 valence electrons. The lowest BCUT2D eigenvalue weighted by atomic mass is 9.67. The number of hydrogen-bond donors (Lipinski definition) is 1. The summed E-state index contributed by atoms with van der Waals surface area (Å²) in [6, 6.07) is 9.39. The number of carbonyl (C=O) groups is 2. The Labute approximate surface area is 117 Å². The number of hydrogen-bond acceptors (Lipinski definition) is 3. The van der Waals surface area contributed by atoms with E-state index >= 15 is 0 Å². The van der Waals surface area contributed by atoms with E-state index in [4.69, 9.17) is 4.74 Å². The third kappa shape index (κ3) is 1.85. The smallest absolute Gasteiger partial charge is 0.411 e. The van der Waals surface area contributed by atoms with E-state index in [2.05, 4.69) is 0 Å². The van der Waals surface area contributed by atoms with Crippen LogP contribution in [-0.2, 0) is 16.1 Å². The molecule has 5 heteroatoms. The minimum absolute atomic E-state index is 0.0873. The molecule has 1 amide bonds. The van der Waals surface area contributed by atoms with Crippen molar-refractivity contribution in [2.75, 3.05) is 6.54 Å². The Morgan fingerprint density at radius 3 is 2.65 bits per heavy atom. The molecule has 2 unspecified atom stereocenters. The summed E-state index contributed by atoms with van der Waals surface area (Å²) >= 11 is 0. The highest BCUT2D eigenvalue weighted by atomic mass is 16.6. The second kappa shape index (κ2) is 4.81. The van der Waals surface area contributed by atoms with Crippen LogP contribution in [-0.4, -0.2) is 34.2 Å². The molecule has 0 bridgehead atoms. The van der Waals surface area contributed by atoms with Crippen molar-refractivity contribution in [3.8, 4) is 0 Å². The Kier molecular flexibility index (Phi) is 3.12. The molecule has 1 aliphatic heterocycles. The molecule has 2 atom stereocenters. The van der Waals surface area contributed by atoms with Crippen molar-refractivity contribution in [2.24, 2.45) is 5.92 Å². The number of benzene rings is 1. The Morgan fingerprint density at radius 2 is 2.05 bits per heavy atom. The van der Waals surface area contributed by atoms with Gasteiger partial charge in [-0.3, -0.25) is 4.90 Å². The number of carboxylic acid groups (broad SMARTS) is 1.